The molecule has 0 atom stereocenters. The van der Waals surface area contributed by atoms with Crippen LogP contribution in [0, 0.1) is 11.6 Å². The predicted molar refractivity (Wildman–Crippen MR) is 143 cm³/mol. The molecule has 0 unspecified atom stereocenters. The topological polar surface area (TPSA) is 139 Å². The molecule has 0 radical (unpaired) electrons. The van der Waals surface area contributed by atoms with Crippen LogP contribution in [0.1, 0.15) is 12.8 Å². The fourth-order valence-corrected chi connectivity index (χ4v) is 5.72. The second kappa shape index (κ2) is 11.8. The number of carbonyl (C=O) groups is 1. The number of hydrogen-bond donors (Lipinski definition) is 2. The van der Waals surface area contributed by atoms with E-state index in [0.717, 1.165) is 38.2 Å². The first-order chi connectivity index (χ1) is 20.3. The van der Waals surface area contributed by atoms with Crippen LogP contribution in [0.25, 0.3) is 22.3 Å². The van der Waals surface area contributed by atoms with Gasteiger partial charge in [-0.05, 0) is 56.3 Å². The summed E-state index contributed by atoms with van der Waals surface area (Å²) < 4.78 is 93.5. The number of carbonyl (C=O) groups excluding carboxylic acids is 1. The maximum Gasteiger partial charge on any atom is 0.493 e. The molecule has 43 heavy (non-hydrogen) atoms. The molecule has 1 saturated heterocycles. The van der Waals surface area contributed by atoms with E-state index in [1.54, 1.807) is 6.07 Å². The predicted octanol–water partition coefficient (Wildman–Crippen LogP) is 4.40. The van der Waals surface area contributed by atoms with Crippen LogP contribution in [0.3, 0.4) is 0 Å². The third-order valence-corrected chi connectivity index (χ3v) is 8.15. The summed E-state index contributed by atoms with van der Waals surface area (Å²) in [5.41, 5.74) is 0.0397. The van der Waals surface area contributed by atoms with Gasteiger partial charge in [0.15, 0.2) is 11.0 Å². The van der Waals surface area contributed by atoms with Gasteiger partial charge in [-0.15, -0.1) is 0 Å². The van der Waals surface area contributed by atoms with Gasteiger partial charge in [-0.25, -0.2) is 33.5 Å². The van der Waals surface area contributed by atoms with Crippen LogP contribution in [0.4, 0.5) is 33.5 Å². The SMILES string of the molecule is O=C(ON(c1cc(-c2ccc3ncnc(NC4CCNCC4)c3n2)cnc1Cl)S(=O)(=O)c1ccc(F)cc1F)C(F)(F)F. The van der Waals surface area contributed by atoms with Crippen LogP contribution >= 0.6 is 11.6 Å². The lowest BCUT2D eigenvalue weighted by molar-refractivity contribution is -0.199. The van der Waals surface area contributed by atoms with Crippen molar-refractivity contribution in [1.82, 2.24) is 25.3 Å². The van der Waals surface area contributed by atoms with Crippen molar-refractivity contribution in [1.29, 1.82) is 0 Å². The number of nitrogens with one attached hydrogen (secondary N) is 2. The van der Waals surface area contributed by atoms with Crippen molar-refractivity contribution >= 4 is 50.1 Å². The highest BCUT2D eigenvalue weighted by molar-refractivity contribution is 7.92. The fourth-order valence-electron chi connectivity index (χ4n) is 4.20. The molecule has 0 spiro atoms. The zero-order valence-electron chi connectivity index (χ0n) is 21.6. The number of benzene rings is 1. The molecule has 5 rings (SSSR count). The van der Waals surface area contributed by atoms with Crippen LogP contribution in [0.2, 0.25) is 5.15 Å². The van der Waals surface area contributed by atoms with Gasteiger partial charge in [0.05, 0.1) is 11.2 Å². The molecule has 2 N–H and O–H groups in total. The average Bonchev–Trinajstić information content (AvgIpc) is 2.96. The highest BCUT2D eigenvalue weighted by Crippen LogP contribution is 2.35. The zero-order valence-corrected chi connectivity index (χ0v) is 23.1. The van der Waals surface area contributed by atoms with E-state index in [-0.39, 0.29) is 23.4 Å². The summed E-state index contributed by atoms with van der Waals surface area (Å²) in [5.74, 6) is -5.39. The van der Waals surface area contributed by atoms with Crippen molar-refractivity contribution in [3.8, 4) is 11.3 Å². The Bertz CT molecular complexity index is 1810. The van der Waals surface area contributed by atoms with Gasteiger partial charge in [0, 0.05) is 23.9 Å². The number of nitrogens with zero attached hydrogens (tertiary/aromatic N) is 5. The van der Waals surface area contributed by atoms with Crippen molar-refractivity contribution in [2.24, 2.45) is 0 Å². The third kappa shape index (κ3) is 6.42. The first-order valence-corrected chi connectivity index (χ1v) is 14.2. The number of piperidine rings is 1. The Balaban J connectivity index is 1.60. The summed E-state index contributed by atoms with van der Waals surface area (Å²) in [4.78, 5) is 31.5. The molecule has 0 amide bonds. The van der Waals surface area contributed by atoms with E-state index in [2.05, 4.69) is 35.4 Å². The standard InChI is InChI=1S/C25H19ClF5N7O4S/c26-22-19(38(42-24(39)25(29,30)31)43(40,41)20-4-1-14(27)10-16(20)28)9-13(11-33-22)17-2-3-18-21(37-17)23(35-12-34-18)36-15-5-7-32-8-6-15/h1-4,9-12,15,32H,5-8H2,(H,34,35,36). The summed E-state index contributed by atoms with van der Waals surface area (Å²) in [6, 6.07) is 5.25. The normalized spacial score (nSPS) is 14.5. The van der Waals surface area contributed by atoms with Crippen molar-refractivity contribution in [2.75, 3.05) is 22.9 Å². The number of alkyl halides is 3. The molecule has 3 aromatic heterocycles. The minimum Gasteiger partial charge on any atom is -0.365 e. The first-order valence-electron chi connectivity index (χ1n) is 12.4. The van der Waals surface area contributed by atoms with Gasteiger partial charge in [0.25, 0.3) is 10.0 Å². The molecule has 1 aliphatic rings. The smallest absolute Gasteiger partial charge is 0.365 e. The molecule has 1 aromatic carbocycles. The Hall–Kier alpha value is -4.22. The first kappa shape index (κ1) is 30.2. The number of rotatable bonds is 7. The van der Waals surface area contributed by atoms with Crippen molar-refractivity contribution < 1.29 is 40.0 Å². The molecule has 0 aliphatic carbocycles. The molecule has 226 valence electrons. The quantitative estimate of drug-likeness (QED) is 0.169. The molecule has 18 heteroatoms. The highest BCUT2D eigenvalue weighted by Gasteiger charge is 2.46. The van der Waals surface area contributed by atoms with Crippen molar-refractivity contribution in [3.05, 3.63) is 65.7 Å². The van der Waals surface area contributed by atoms with E-state index in [9.17, 15) is 35.2 Å². The molecule has 4 aromatic rings. The second-order valence-electron chi connectivity index (χ2n) is 9.17. The minimum absolute atomic E-state index is 0.0146. The molecular weight excluding hydrogens is 625 g/mol. The lowest BCUT2D eigenvalue weighted by Gasteiger charge is -2.24. The van der Waals surface area contributed by atoms with E-state index in [0.29, 0.717) is 29.0 Å². The zero-order chi connectivity index (χ0) is 30.9. The van der Waals surface area contributed by atoms with Crippen LogP contribution in [-0.4, -0.2) is 59.6 Å². The van der Waals surface area contributed by atoms with Crippen LogP contribution < -0.4 is 15.1 Å². The molecule has 1 fully saturated rings. The molecular formula is C25H19ClF5N7O4S. The van der Waals surface area contributed by atoms with Gasteiger partial charge < -0.3 is 15.5 Å². The summed E-state index contributed by atoms with van der Waals surface area (Å²) >= 11 is 6.06. The van der Waals surface area contributed by atoms with E-state index < -0.39 is 54.0 Å². The summed E-state index contributed by atoms with van der Waals surface area (Å²) in [7, 11) is -5.47. The van der Waals surface area contributed by atoms with Gasteiger partial charge in [-0.2, -0.15) is 21.6 Å². The van der Waals surface area contributed by atoms with Gasteiger partial charge in [-0.1, -0.05) is 16.1 Å². The molecule has 11 nitrogen and oxygen atoms in total. The third-order valence-electron chi connectivity index (χ3n) is 6.26. The number of fused-ring (bicyclic) bond motifs is 1. The second-order valence-corrected chi connectivity index (χ2v) is 11.3. The number of halogens is 6. The van der Waals surface area contributed by atoms with Crippen molar-refractivity contribution in [2.45, 2.75) is 30.0 Å². The fraction of sp³-hybridized carbons (Fsp3) is 0.240. The maximum absolute atomic E-state index is 14.5. The molecule has 4 heterocycles. The highest BCUT2D eigenvalue weighted by atomic mass is 35.5. The Labute approximate surface area is 245 Å². The molecule has 1 aliphatic heterocycles. The monoisotopic (exact) mass is 643 g/mol. The average molecular weight is 644 g/mol. The lowest BCUT2D eigenvalue weighted by atomic mass is 10.1. The Morgan fingerprint density at radius 2 is 1.81 bits per heavy atom. The van der Waals surface area contributed by atoms with Crippen LogP contribution in [-0.2, 0) is 19.7 Å². The number of sulfonamides is 1. The molecule has 0 saturated carbocycles. The van der Waals surface area contributed by atoms with E-state index in [1.165, 1.54) is 12.4 Å². The van der Waals surface area contributed by atoms with Gasteiger partial charge in [-0.3, -0.25) is 0 Å². The summed E-state index contributed by atoms with van der Waals surface area (Å²) in [5, 5.41) is 5.84. The van der Waals surface area contributed by atoms with Gasteiger partial charge >= 0.3 is 12.1 Å². The summed E-state index contributed by atoms with van der Waals surface area (Å²) in [6.45, 7) is 1.61. The van der Waals surface area contributed by atoms with E-state index >= 15 is 0 Å². The van der Waals surface area contributed by atoms with Gasteiger partial charge in [0.2, 0.25) is 0 Å². The van der Waals surface area contributed by atoms with E-state index in [4.69, 9.17) is 11.6 Å². The Kier molecular flexibility index (Phi) is 8.31. The lowest BCUT2D eigenvalue weighted by Crippen LogP contribution is -2.39. The van der Waals surface area contributed by atoms with Crippen LogP contribution in [0.5, 0.6) is 0 Å². The number of hydrogen-bond acceptors (Lipinski definition) is 10. The Morgan fingerprint density at radius 1 is 1.07 bits per heavy atom. The van der Waals surface area contributed by atoms with Crippen LogP contribution in [0.15, 0.2) is 53.8 Å². The van der Waals surface area contributed by atoms with Crippen molar-refractivity contribution in [3.63, 3.8) is 0 Å². The maximum atomic E-state index is 14.5. The number of aromatic nitrogens is 4. The number of pyridine rings is 2. The molecule has 0 bridgehead atoms. The number of anilines is 2. The van der Waals surface area contributed by atoms with E-state index in [1.807, 2.05) is 0 Å². The summed E-state index contributed by atoms with van der Waals surface area (Å²) in [6.07, 6.45) is -1.53. The largest absolute Gasteiger partial charge is 0.493 e. The van der Waals surface area contributed by atoms with Gasteiger partial charge in [0.1, 0.15) is 34.1 Å². The minimum atomic E-state index is -5.66. The Morgan fingerprint density at radius 3 is 2.51 bits per heavy atom.